The minimum Gasteiger partial charge on any atom is -0.390 e. The van der Waals surface area contributed by atoms with Crippen molar-refractivity contribution >= 4 is 28.7 Å². The van der Waals surface area contributed by atoms with Crippen LogP contribution in [0.25, 0.3) is 16.8 Å². The fourth-order valence-corrected chi connectivity index (χ4v) is 3.90. The van der Waals surface area contributed by atoms with Crippen molar-refractivity contribution in [2.45, 2.75) is 112 Å². The molecule has 1 aliphatic carbocycles. The summed E-state index contributed by atoms with van der Waals surface area (Å²) in [6.45, 7) is 15.3. The quantitative estimate of drug-likeness (QED) is 0.305. The maximum absolute atomic E-state index is 11.4. The Hall–Kier alpha value is -3.07. The van der Waals surface area contributed by atoms with Gasteiger partial charge >= 0.3 is 0 Å². The zero-order chi connectivity index (χ0) is 28.9. The van der Waals surface area contributed by atoms with E-state index in [0.29, 0.717) is 17.8 Å². The second kappa shape index (κ2) is 16.0. The van der Waals surface area contributed by atoms with Crippen LogP contribution in [0.1, 0.15) is 99.1 Å². The summed E-state index contributed by atoms with van der Waals surface area (Å²) in [5.74, 6) is 0.470. The van der Waals surface area contributed by atoms with Crippen molar-refractivity contribution in [2.75, 3.05) is 11.5 Å². The van der Waals surface area contributed by atoms with Crippen molar-refractivity contribution in [3.63, 3.8) is 0 Å². The van der Waals surface area contributed by atoms with Gasteiger partial charge in [-0.2, -0.15) is 4.98 Å². The van der Waals surface area contributed by atoms with Gasteiger partial charge < -0.3 is 16.6 Å². The number of hydrogen-bond donors (Lipinski definition) is 3. The van der Waals surface area contributed by atoms with E-state index in [9.17, 15) is 9.50 Å². The Balaban J connectivity index is 0.000000372. The molecule has 5 N–H and O–H groups in total. The molecule has 3 aromatic heterocycles. The number of anilines is 2. The van der Waals surface area contributed by atoms with E-state index in [-0.39, 0.29) is 11.5 Å². The summed E-state index contributed by atoms with van der Waals surface area (Å²) < 4.78 is 13.0. The smallest absolute Gasteiger partial charge is 0.240 e. The molecular formula is C29H48FN7O. The van der Waals surface area contributed by atoms with Crippen molar-refractivity contribution < 1.29 is 9.50 Å². The predicted octanol–water partition coefficient (Wildman–Crippen LogP) is 7.25. The van der Waals surface area contributed by atoms with Gasteiger partial charge in [0.25, 0.3) is 0 Å². The molecule has 0 bridgehead atoms. The van der Waals surface area contributed by atoms with Gasteiger partial charge in [-0.1, -0.05) is 47.0 Å². The monoisotopic (exact) mass is 529 g/mol. The number of nitrogens with zero attached hydrogens (tertiary/aromatic N) is 5. The van der Waals surface area contributed by atoms with Crippen LogP contribution in [0.5, 0.6) is 0 Å². The fraction of sp³-hybridized carbons (Fsp3) is 0.586. The first kappa shape index (κ1) is 33.0. The van der Waals surface area contributed by atoms with E-state index in [1.165, 1.54) is 19.3 Å². The number of alkyl halides is 1. The van der Waals surface area contributed by atoms with E-state index in [2.05, 4.69) is 27.0 Å². The van der Waals surface area contributed by atoms with Crippen LogP contribution in [-0.4, -0.2) is 42.2 Å². The van der Waals surface area contributed by atoms with Gasteiger partial charge in [0.2, 0.25) is 5.95 Å². The zero-order valence-corrected chi connectivity index (χ0v) is 24.6. The van der Waals surface area contributed by atoms with Gasteiger partial charge in [0, 0.05) is 17.5 Å². The SMILES string of the molecule is CC.CC(C)=Nc1ccc(-c2ccn3nc(N)nc(N)c23)nc1C.CCC(C)F.CCC1(O)CCCCC1. The minimum absolute atomic E-state index is 0.138. The van der Waals surface area contributed by atoms with Gasteiger partial charge in [-0.25, -0.2) is 8.91 Å². The molecule has 0 radical (unpaired) electrons. The first-order valence-corrected chi connectivity index (χ1v) is 13.8. The molecule has 1 saturated carbocycles. The van der Waals surface area contributed by atoms with E-state index in [1.54, 1.807) is 17.6 Å². The number of rotatable bonds is 4. The average molecular weight is 530 g/mol. The number of aromatic nitrogens is 4. The van der Waals surface area contributed by atoms with E-state index < -0.39 is 6.17 Å². The van der Waals surface area contributed by atoms with Crippen molar-refractivity contribution in [1.29, 1.82) is 0 Å². The molecular weight excluding hydrogens is 481 g/mol. The molecule has 38 heavy (non-hydrogen) atoms. The molecule has 1 unspecified atom stereocenters. The van der Waals surface area contributed by atoms with Crippen LogP contribution < -0.4 is 11.5 Å². The molecule has 1 fully saturated rings. The number of aliphatic imine (C=N–C) groups is 1. The highest BCUT2D eigenvalue weighted by Crippen LogP contribution is 2.31. The summed E-state index contributed by atoms with van der Waals surface area (Å²) in [7, 11) is 0. The standard InChI is InChI=1S/C15H17N7.C8H16O.C4H9F.C2H6/c1-8(2)18-11-4-5-12(19-9(11)3)10-6-7-22-13(10)14(16)20-15(17)21-22;1-2-8(9)6-4-3-5-7-8;1-3-4(2)5;1-2/h4-7H,1-3H3,(H4,16,17,20,21);9H,2-7H2,1H3;4H,3H2,1-2H3;1-2H3. The molecule has 1 atom stereocenters. The Morgan fingerprint density at radius 1 is 1.11 bits per heavy atom. The highest BCUT2D eigenvalue weighted by molar-refractivity contribution is 5.87. The van der Waals surface area contributed by atoms with Crippen LogP contribution in [0.3, 0.4) is 0 Å². The number of pyridine rings is 1. The number of nitrogens with two attached hydrogens (primary N) is 2. The second-order valence-electron chi connectivity index (χ2n) is 9.57. The van der Waals surface area contributed by atoms with Crippen molar-refractivity contribution in [3.8, 4) is 11.3 Å². The molecule has 0 spiro atoms. The number of hydrogen-bond acceptors (Lipinski definition) is 7. The van der Waals surface area contributed by atoms with Crippen molar-refractivity contribution in [2.24, 2.45) is 4.99 Å². The lowest BCUT2D eigenvalue weighted by atomic mass is 9.83. The topological polar surface area (TPSA) is 128 Å². The number of fused-ring (bicyclic) bond motifs is 1. The molecule has 3 heterocycles. The van der Waals surface area contributed by atoms with Gasteiger partial charge in [0.15, 0.2) is 5.82 Å². The lowest BCUT2D eigenvalue weighted by molar-refractivity contribution is 0.000670. The lowest BCUT2D eigenvalue weighted by Gasteiger charge is -2.30. The molecule has 4 rings (SSSR count). The molecule has 3 aromatic rings. The Labute approximate surface area is 227 Å². The van der Waals surface area contributed by atoms with E-state index in [1.807, 2.05) is 59.7 Å². The Morgan fingerprint density at radius 2 is 1.71 bits per heavy atom. The van der Waals surface area contributed by atoms with Crippen LogP contribution in [0.15, 0.2) is 29.4 Å². The number of aliphatic hydroxyl groups is 1. The predicted molar refractivity (Wildman–Crippen MR) is 159 cm³/mol. The second-order valence-corrected chi connectivity index (χ2v) is 9.57. The number of aryl methyl sites for hydroxylation is 1. The molecule has 212 valence electrons. The van der Waals surface area contributed by atoms with Gasteiger partial charge in [0.05, 0.1) is 28.8 Å². The van der Waals surface area contributed by atoms with Crippen molar-refractivity contribution in [3.05, 3.63) is 30.1 Å². The Morgan fingerprint density at radius 3 is 2.18 bits per heavy atom. The molecule has 0 saturated heterocycles. The van der Waals surface area contributed by atoms with E-state index in [4.69, 9.17) is 11.5 Å². The van der Waals surface area contributed by atoms with Gasteiger partial charge in [-0.05, 0) is 71.6 Å². The summed E-state index contributed by atoms with van der Waals surface area (Å²) in [4.78, 5) is 13.1. The zero-order valence-electron chi connectivity index (χ0n) is 24.6. The van der Waals surface area contributed by atoms with Gasteiger partial charge in [0.1, 0.15) is 5.52 Å². The third-order valence-electron chi connectivity index (χ3n) is 6.24. The normalized spacial score (nSPS) is 14.6. The third-order valence-corrected chi connectivity index (χ3v) is 6.24. The highest BCUT2D eigenvalue weighted by Gasteiger charge is 2.26. The first-order valence-electron chi connectivity index (χ1n) is 13.8. The van der Waals surface area contributed by atoms with Crippen molar-refractivity contribution in [1.82, 2.24) is 19.6 Å². The van der Waals surface area contributed by atoms with Crippen LogP contribution >= 0.6 is 0 Å². The number of nitrogen functional groups attached to an aromatic ring is 2. The average Bonchev–Trinajstić information content (AvgIpc) is 3.32. The largest absolute Gasteiger partial charge is 0.390 e. The molecule has 8 nitrogen and oxygen atoms in total. The molecule has 9 heteroatoms. The van der Waals surface area contributed by atoms with Gasteiger partial charge in [-0.3, -0.25) is 9.98 Å². The molecule has 0 aliphatic heterocycles. The minimum atomic E-state index is -0.616. The lowest BCUT2D eigenvalue weighted by Crippen LogP contribution is -2.29. The molecule has 0 amide bonds. The third kappa shape index (κ3) is 10.0. The summed E-state index contributed by atoms with van der Waals surface area (Å²) in [6, 6.07) is 5.76. The van der Waals surface area contributed by atoms with Crippen LogP contribution in [0.2, 0.25) is 0 Å². The summed E-state index contributed by atoms with van der Waals surface area (Å²) in [6.07, 6.45) is 8.59. The van der Waals surface area contributed by atoms with Crippen LogP contribution in [0, 0.1) is 6.92 Å². The van der Waals surface area contributed by atoms with E-state index in [0.717, 1.165) is 47.6 Å². The van der Waals surface area contributed by atoms with Crippen LogP contribution in [-0.2, 0) is 0 Å². The number of halogens is 1. The summed E-state index contributed by atoms with van der Waals surface area (Å²) in [5.41, 5.74) is 16.4. The highest BCUT2D eigenvalue weighted by atomic mass is 19.1. The summed E-state index contributed by atoms with van der Waals surface area (Å²) >= 11 is 0. The maximum atomic E-state index is 11.4. The molecule has 1 aliphatic rings. The molecule has 0 aromatic carbocycles. The first-order chi connectivity index (χ1) is 18.0. The van der Waals surface area contributed by atoms with Gasteiger partial charge in [-0.15, -0.1) is 5.10 Å². The Bertz CT molecular complexity index is 1150. The summed E-state index contributed by atoms with van der Waals surface area (Å²) in [5, 5.41) is 13.8. The Kier molecular flexibility index (Phi) is 13.9. The van der Waals surface area contributed by atoms with E-state index >= 15 is 0 Å². The fourth-order valence-electron chi connectivity index (χ4n) is 3.90. The maximum Gasteiger partial charge on any atom is 0.240 e. The van der Waals surface area contributed by atoms with Crippen LogP contribution in [0.4, 0.5) is 21.8 Å².